The predicted octanol–water partition coefficient (Wildman–Crippen LogP) is 0.334. The molecule has 0 saturated carbocycles. The molecule has 22 heavy (non-hydrogen) atoms. The van der Waals surface area contributed by atoms with Gasteiger partial charge in [-0.05, 0) is 24.3 Å². The van der Waals surface area contributed by atoms with E-state index >= 15 is 0 Å². The van der Waals surface area contributed by atoms with E-state index in [0.29, 0.717) is 0 Å². The average Bonchev–Trinajstić information content (AvgIpc) is 2.42. The summed E-state index contributed by atoms with van der Waals surface area (Å²) < 4.78 is 28.6. The fourth-order valence-electron chi connectivity index (χ4n) is 1.60. The van der Waals surface area contributed by atoms with Crippen molar-refractivity contribution in [3.05, 3.63) is 48.0 Å². The quantitative estimate of drug-likeness (QED) is 0.418. The predicted molar refractivity (Wildman–Crippen MR) is 87.1 cm³/mol. The first-order chi connectivity index (χ1) is 9.81. The van der Waals surface area contributed by atoms with Gasteiger partial charge in [0.15, 0.2) is 0 Å². The van der Waals surface area contributed by atoms with Gasteiger partial charge in [-0.15, -0.1) is 0 Å². The van der Waals surface area contributed by atoms with Gasteiger partial charge in [0.25, 0.3) is 0 Å². The number of nitrogen functional groups attached to an aromatic ring is 3. The molecule has 0 unspecified atom stereocenters. The second-order valence-corrected chi connectivity index (χ2v) is 5.65. The third-order valence-corrected chi connectivity index (χ3v) is 3.74. The summed E-state index contributed by atoms with van der Waals surface area (Å²) in [5.41, 5.74) is 16.5. The molecule has 0 fully saturated rings. The molecule has 0 spiro atoms. The Labute approximate surface area is 149 Å². The molecular weight excluding hydrogens is 317 g/mol. The summed E-state index contributed by atoms with van der Waals surface area (Å²) in [6.45, 7) is 0. The Morgan fingerprint density at radius 1 is 0.909 bits per heavy atom. The van der Waals surface area contributed by atoms with Crippen LogP contribution in [0.2, 0.25) is 0 Å². The molecule has 0 aliphatic rings. The van der Waals surface area contributed by atoms with Crippen molar-refractivity contribution < 1.29 is 17.4 Å². The van der Waals surface area contributed by atoms with Crippen molar-refractivity contribution >= 4 is 61.9 Å². The zero-order valence-electron chi connectivity index (χ0n) is 10.8. The van der Waals surface area contributed by atoms with Crippen molar-refractivity contribution in [2.45, 2.75) is 0 Å². The topological polar surface area (TPSA) is 138 Å². The fourth-order valence-corrected chi connectivity index (χ4v) is 2.49. The Kier molecular flexibility index (Phi) is 5.84. The van der Waals surface area contributed by atoms with E-state index < -0.39 is 15.2 Å². The Bertz CT molecular complexity index is 794. The minimum absolute atomic E-state index is 0. The monoisotopic (exact) mass is 331 g/mol. The van der Waals surface area contributed by atoms with E-state index in [9.17, 15) is 13.2 Å². The van der Waals surface area contributed by atoms with Gasteiger partial charge in [0.05, 0.1) is 16.9 Å². The normalized spacial score (nSPS) is 10.5. The summed E-state index contributed by atoms with van der Waals surface area (Å²) in [6.07, 6.45) is 0. The van der Waals surface area contributed by atoms with Crippen molar-refractivity contribution in [2.75, 3.05) is 17.2 Å². The third-order valence-electron chi connectivity index (χ3n) is 2.65. The first-order valence-electron chi connectivity index (χ1n) is 5.79. The van der Waals surface area contributed by atoms with Crippen molar-refractivity contribution in [3.8, 4) is 5.75 Å². The van der Waals surface area contributed by atoms with Crippen LogP contribution in [0.15, 0.2) is 42.5 Å². The number of anilines is 3. The van der Waals surface area contributed by atoms with E-state index in [0.717, 1.165) is 6.07 Å². The number of hydrogen-bond donors (Lipinski definition) is 3. The summed E-state index contributed by atoms with van der Waals surface area (Å²) in [7, 11) is -4.53. The number of carbonyl (C=O) groups is 1. The molecule has 0 bridgehead atoms. The number of carbonyl (C=O) groups excluding carboxylic acids is 1. The molecule has 0 amide bonds. The Morgan fingerprint density at radius 2 is 1.45 bits per heavy atom. The van der Waals surface area contributed by atoms with Gasteiger partial charge in [-0.1, -0.05) is 18.2 Å². The number of nitrogens with two attached hydrogens (primary N) is 3. The van der Waals surface area contributed by atoms with Crippen molar-refractivity contribution in [2.24, 2.45) is 0 Å². The van der Waals surface area contributed by atoms with Crippen LogP contribution in [0.25, 0.3) is 0 Å². The van der Waals surface area contributed by atoms with E-state index in [4.69, 9.17) is 21.4 Å². The Hall–Kier alpha value is -1.74. The molecule has 6 N–H and O–H groups in total. The van der Waals surface area contributed by atoms with Crippen LogP contribution in [0.4, 0.5) is 17.1 Å². The molecule has 0 aliphatic heterocycles. The SMILES string of the molecule is Nc1cc(N)c(C(=O)S(=O)(=O)Oc2ccccc2)cc1N.[NaH]. The fraction of sp³-hybridized carbons (Fsp3) is 0. The van der Waals surface area contributed by atoms with Crippen LogP contribution < -0.4 is 21.4 Å². The molecule has 0 aromatic heterocycles. The number of rotatable bonds is 3. The summed E-state index contributed by atoms with van der Waals surface area (Å²) in [5, 5.41) is -1.28. The van der Waals surface area contributed by atoms with Crippen molar-refractivity contribution in [1.29, 1.82) is 0 Å². The van der Waals surface area contributed by atoms with E-state index in [2.05, 4.69) is 0 Å². The molecule has 0 heterocycles. The molecule has 0 atom stereocenters. The van der Waals surface area contributed by atoms with Gasteiger partial charge < -0.3 is 21.4 Å². The van der Waals surface area contributed by atoms with Crippen LogP contribution in [-0.4, -0.2) is 43.1 Å². The first kappa shape index (κ1) is 18.3. The summed E-state index contributed by atoms with van der Waals surface area (Å²) in [4.78, 5) is 12.1. The number of para-hydroxylation sites is 1. The van der Waals surface area contributed by atoms with Gasteiger partial charge in [-0.3, -0.25) is 4.79 Å². The molecule has 0 radical (unpaired) electrons. The van der Waals surface area contributed by atoms with E-state index in [1.54, 1.807) is 18.2 Å². The number of benzene rings is 2. The van der Waals surface area contributed by atoms with Gasteiger partial charge >= 0.3 is 44.8 Å². The molecule has 9 heteroatoms. The molecule has 7 nitrogen and oxygen atoms in total. The minimum atomic E-state index is -4.53. The van der Waals surface area contributed by atoms with Gasteiger partial charge in [0, 0.05) is 5.69 Å². The van der Waals surface area contributed by atoms with E-state index in [1.165, 1.54) is 18.2 Å². The van der Waals surface area contributed by atoms with E-state index in [-0.39, 0.29) is 57.9 Å². The third kappa shape index (κ3) is 3.92. The average molecular weight is 331 g/mol. The summed E-state index contributed by atoms with van der Waals surface area (Å²) in [5.74, 6) is 0.0211. The van der Waals surface area contributed by atoms with Crippen LogP contribution in [0.3, 0.4) is 0 Å². The second-order valence-electron chi connectivity index (χ2n) is 4.21. The standard InChI is InChI=1S/C13H13N3O4S.Na.H/c14-10-7-12(16)11(15)6-9(10)13(17)21(18,19)20-8-4-2-1-3-5-8;;/h1-7H,14-16H2;;. The zero-order valence-corrected chi connectivity index (χ0v) is 11.6. The van der Waals surface area contributed by atoms with Crippen LogP contribution in [0.1, 0.15) is 10.4 Å². The molecule has 0 saturated heterocycles. The van der Waals surface area contributed by atoms with Gasteiger partial charge in [-0.25, -0.2) is 0 Å². The van der Waals surface area contributed by atoms with Crippen molar-refractivity contribution in [1.82, 2.24) is 0 Å². The summed E-state index contributed by atoms with van der Waals surface area (Å²) in [6, 6.07) is 9.98. The van der Waals surface area contributed by atoms with E-state index in [1.807, 2.05) is 0 Å². The molecule has 2 rings (SSSR count). The first-order valence-corrected chi connectivity index (χ1v) is 7.20. The molecular formula is C13H14N3NaO4S. The second kappa shape index (κ2) is 7.01. The molecule has 112 valence electrons. The Morgan fingerprint density at radius 3 is 2.05 bits per heavy atom. The van der Waals surface area contributed by atoms with Gasteiger partial charge in [0.1, 0.15) is 5.75 Å². The van der Waals surface area contributed by atoms with Gasteiger partial charge in [-0.2, -0.15) is 8.42 Å². The van der Waals surface area contributed by atoms with Crippen LogP contribution in [0.5, 0.6) is 5.75 Å². The molecule has 0 aliphatic carbocycles. The Balaban J connectivity index is 0.00000242. The van der Waals surface area contributed by atoms with Gasteiger partial charge in [0.2, 0.25) is 0 Å². The molecule has 2 aromatic carbocycles. The number of hydrogen-bond acceptors (Lipinski definition) is 7. The van der Waals surface area contributed by atoms with Crippen molar-refractivity contribution in [3.63, 3.8) is 0 Å². The maximum atomic E-state index is 12.1. The maximum absolute atomic E-state index is 12.1. The van der Waals surface area contributed by atoms with Crippen LogP contribution >= 0.6 is 0 Å². The van der Waals surface area contributed by atoms with Crippen LogP contribution in [0, 0.1) is 0 Å². The summed E-state index contributed by atoms with van der Waals surface area (Å²) >= 11 is 0. The zero-order chi connectivity index (χ0) is 15.6. The molecule has 2 aromatic rings. The van der Waals surface area contributed by atoms with Crippen LogP contribution in [-0.2, 0) is 10.1 Å².